The first-order chi connectivity index (χ1) is 13.6. The quantitative estimate of drug-likeness (QED) is 0.410. The second kappa shape index (κ2) is 8.16. The molecule has 0 aliphatic carbocycles. The second-order valence-corrected chi connectivity index (χ2v) is 8.73. The average molecular weight is 417 g/mol. The molecule has 8 heteroatoms. The highest BCUT2D eigenvalue weighted by Crippen LogP contribution is 2.34. The van der Waals surface area contributed by atoms with E-state index in [1.807, 2.05) is 0 Å². The third-order valence-electron chi connectivity index (χ3n) is 4.54. The van der Waals surface area contributed by atoms with E-state index in [-0.39, 0.29) is 17.6 Å². The van der Waals surface area contributed by atoms with Gasteiger partial charge in [-0.15, -0.1) is 0 Å². The van der Waals surface area contributed by atoms with E-state index in [0.29, 0.717) is 23.2 Å². The predicted molar refractivity (Wildman–Crippen MR) is 108 cm³/mol. The third kappa shape index (κ3) is 4.89. The fourth-order valence-corrected chi connectivity index (χ4v) is 4.55. The summed E-state index contributed by atoms with van der Waals surface area (Å²) in [7, 11) is -3.40. The molecular weight excluding hydrogens is 397 g/mol. The number of ketones is 1. The number of anilines is 1. The summed E-state index contributed by atoms with van der Waals surface area (Å²) in [6.07, 6.45) is 4.28. The average Bonchev–Trinajstić information content (AvgIpc) is 3.00. The maximum absolute atomic E-state index is 12.9. The van der Waals surface area contributed by atoms with Crippen LogP contribution in [0.1, 0.15) is 28.4 Å². The highest BCUT2D eigenvalue weighted by Gasteiger charge is 2.32. The van der Waals surface area contributed by atoms with Crippen LogP contribution in [0, 0.1) is 5.82 Å². The number of sulfonamides is 1. The van der Waals surface area contributed by atoms with Gasteiger partial charge >= 0.3 is 5.97 Å². The van der Waals surface area contributed by atoms with E-state index in [4.69, 9.17) is 4.74 Å². The number of Topliss-reactive ketones (excluding diaryl/α,β-unsaturated/α-hetero) is 1. The maximum atomic E-state index is 12.9. The molecule has 1 aliphatic heterocycles. The molecule has 0 N–H and O–H groups in total. The number of carbonyl (C=O) groups is 2. The summed E-state index contributed by atoms with van der Waals surface area (Å²) in [6.45, 7) is 1.37. The van der Waals surface area contributed by atoms with Crippen LogP contribution in [-0.2, 0) is 26.0 Å². The minimum atomic E-state index is -3.40. The molecular formula is C21H20FNO5S. The Morgan fingerprint density at radius 3 is 2.55 bits per heavy atom. The van der Waals surface area contributed by atoms with Gasteiger partial charge in [0.05, 0.1) is 11.9 Å². The monoisotopic (exact) mass is 417 g/mol. The number of rotatable bonds is 6. The Labute approximate surface area is 168 Å². The van der Waals surface area contributed by atoms with Crippen LogP contribution in [0.25, 0.3) is 6.08 Å². The first-order valence-electron chi connectivity index (χ1n) is 8.91. The predicted octanol–water partition coefficient (Wildman–Crippen LogP) is 2.98. The van der Waals surface area contributed by atoms with E-state index in [2.05, 4.69) is 0 Å². The van der Waals surface area contributed by atoms with Gasteiger partial charge in [0.15, 0.2) is 12.4 Å². The minimum Gasteiger partial charge on any atom is -0.454 e. The fourth-order valence-electron chi connectivity index (χ4n) is 3.29. The number of fused-ring (bicyclic) bond motifs is 1. The van der Waals surface area contributed by atoms with Crippen LogP contribution in [0.15, 0.2) is 48.5 Å². The summed E-state index contributed by atoms with van der Waals surface area (Å²) >= 11 is 0. The zero-order chi connectivity index (χ0) is 21.2. The van der Waals surface area contributed by atoms with Gasteiger partial charge in [-0.2, -0.15) is 0 Å². The molecule has 0 fully saturated rings. The molecule has 0 saturated carbocycles. The molecule has 1 heterocycles. The summed E-state index contributed by atoms with van der Waals surface area (Å²) in [4.78, 5) is 24.1. The molecule has 0 amide bonds. The van der Waals surface area contributed by atoms with Crippen LogP contribution in [0.3, 0.4) is 0 Å². The molecule has 0 unspecified atom stereocenters. The number of nitrogens with zero attached hydrogens (tertiary/aromatic N) is 1. The summed E-state index contributed by atoms with van der Waals surface area (Å²) in [5.41, 5.74) is 2.30. The Morgan fingerprint density at radius 2 is 1.90 bits per heavy atom. The molecule has 29 heavy (non-hydrogen) atoms. The Morgan fingerprint density at radius 1 is 1.21 bits per heavy atom. The van der Waals surface area contributed by atoms with E-state index in [0.717, 1.165) is 17.9 Å². The van der Waals surface area contributed by atoms with Crippen LogP contribution in [0.5, 0.6) is 0 Å². The van der Waals surface area contributed by atoms with Crippen molar-refractivity contribution in [3.63, 3.8) is 0 Å². The smallest absolute Gasteiger partial charge is 0.331 e. The Hall–Kier alpha value is -3.00. The van der Waals surface area contributed by atoms with Crippen molar-refractivity contribution in [1.29, 1.82) is 0 Å². The first-order valence-corrected chi connectivity index (χ1v) is 10.8. The maximum Gasteiger partial charge on any atom is 0.331 e. The van der Waals surface area contributed by atoms with Crippen molar-refractivity contribution in [3.8, 4) is 0 Å². The SMILES string of the molecule is C[C@@H]1Cc2cc(C(=O)COC(=O)/C=C/c3ccc(F)cc3)ccc2N1S(C)(=O)=O. The third-order valence-corrected chi connectivity index (χ3v) is 5.81. The van der Waals surface area contributed by atoms with Crippen LogP contribution in [0.2, 0.25) is 0 Å². The number of hydrogen-bond acceptors (Lipinski definition) is 5. The van der Waals surface area contributed by atoms with E-state index >= 15 is 0 Å². The summed E-state index contributed by atoms with van der Waals surface area (Å²) in [5.74, 6) is -1.46. The number of hydrogen-bond donors (Lipinski definition) is 0. The molecule has 2 aromatic rings. The van der Waals surface area contributed by atoms with Gasteiger partial charge in [-0.25, -0.2) is 17.6 Å². The number of ether oxygens (including phenoxy) is 1. The normalized spacial score (nSPS) is 16.1. The van der Waals surface area contributed by atoms with Crippen LogP contribution in [-0.4, -0.2) is 39.1 Å². The van der Waals surface area contributed by atoms with Crippen LogP contribution < -0.4 is 4.31 Å². The highest BCUT2D eigenvalue weighted by atomic mass is 32.2. The van der Waals surface area contributed by atoms with Crippen molar-refractivity contribution in [1.82, 2.24) is 0 Å². The highest BCUT2D eigenvalue weighted by molar-refractivity contribution is 7.92. The second-order valence-electron chi connectivity index (χ2n) is 6.87. The van der Waals surface area contributed by atoms with Crippen molar-refractivity contribution in [2.45, 2.75) is 19.4 Å². The Bertz CT molecular complexity index is 1080. The summed E-state index contributed by atoms with van der Waals surface area (Å²) < 4.78 is 43.1. The molecule has 0 aromatic heterocycles. The zero-order valence-electron chi connectivity index (χ0n) is 16.0. The van der Waals surface area contributed by atoms with E-state index < -0.39 is 22.6 Å². The topological polar surface area (TPSA) is 80.8 Å². The van der Waals surface area contributed by atoms with Gasteiger partial charge in [-0.3, -0.25) is 9.10 Å². The van der Waals surface area contributed by atoms with Gasteiger partial charge < -0.3 is 4.74 Å². The van der Waals surface area contributed by atoms with E-state index in [1.54, 1.807) is 19.1 Å². The molecule has 6 nitrogen and oxygen atoms in total. The summed E-state index contributed by atoms with van der Waals surface area (Å²) in [5, 5.41) is 0. The lowest BCUT2D eigenvalue weighted by molar-refractivity contribution is -0.136. The Balaban J connectivity index is 1.62. The van der Waals surface area contributed by atoms with Crippen molar-refractivity contribution in [3.05, 3.63) is 71.0 Å². The van der Waals surface area contributed by atoms with Gasteiger partial charge in [-0.1, -0.05) is 12.1 Å². The molecule has 0 saturated heterocycles. The first kappa shape index (κ1) is 20.7. The number of esters is 1. The largest absolute Gasteiger partial charge is 0.454 e. The minimum absolute atomic E-state index is 0.222. The molecule has 3 rings (SSSR count). The van der Waals surface area contributed by atoms with Crippen molar-refractivity contribution in [2.75, 3.05) is 17.2 Å². The van der Waals surface area contributed by atoms with Crippen LogP contribution >= 0.6 is 0 Å². The van der Waals surface area contributed by atoms with Gasteiger partial charge in [0.2, 0.25) is 10.0 Å². The molecule has 2 aromatic carbocycles. The lowest BCUT2D eigenvalue weighted by Gasteiger charge is -2.21. The lowest BCUT2D eigenvalue weighted by Crippen LogP contribution is -2.34. The standard InChI is InChI=1S/C21H20FNO5S/c1-14-11-17-12-16(6-9-19(17)23(14)29(2,26)27)20(24)13-28-21(25)10-5-15-3-7-18(22)8-4-15/h3-10,12,14H,11,13H2,1-2H3/b10-5+/t14-/m1/s1. The summed E-state index contributed by atoms with van der Waals surface area (Å²) in [6, 6.07) is 10.1. The number of carbonyl (C=O) groups excluding carboxylic acids is 2. The molecule has 1 aliphatic rings. The van der Waals surface area contributed by atoms with Gasteiger partial charge in [0.1, 0.15) is 5.82 Å². The van der Waals surface area contributed by atoms with Gasteiger partial charge in [0.25, 0.3) is 0 Å². The van der Waals surface area contributed by atoms with Gasteiger partial charge in [0, 0.05) is 17.7 Å². The lowest BCUT2D eigenvalue weighted by atomic mass is 10.0. The van der Waals surface area contributed by atoms with Gasteiger partial charge in [-0.05, 0) is 60.9 Å². The van der Waals surface area contributed by atoms with Crippen LogP contribution in [0.4, 0.5) is 10.1 Å². The van der Waals surface area contributed by atoms with E-state index in [1.165, 1.54) is 40.7 Å². The molecule has 1 atom stereocenters. The number of benzene rings is 2. The molecule has 0 bridgehead atoms. The molecule has 152 valence electrons. The Kier molecular flexibility index (Phi) is 5.83. The molecule has 0 radical (unpaired) electrons. The number of halogens is 1. The molecule has 0 spiro atoms. The van der Waals surface area contributed by atoms with Crippen molar-refractivity contribution in [2.24, 2.45) is 0 Å². The van der Waals surface area contributed by atoms with E-state index in [9.17, 15) is 22.4 Å². The van der Waals surface area contributed by atoms with Crippen molar-refractivity contribution >= 4 is 33.5 Å². The zero-order valence-corrected chi connectivity index (χ0v) is 16.8. The fraction of sp³-hybridized carbons (Fsp3) is 0.238. The van der Waals surface area contributed by atoms with Crippen molar-refractivity contribution < 1.29 is 27.1 Å².